The number of halogens is 3. The van der Waals surface area contributed by atoms with Gasteiger partial charge in [0.1, 0.15) is 11.6 Å². The van der Waals surface area contributed by atoms with Crippen LogP contribution in [-0.2, 0) is 0 Å². The standard InChI is InChI=1S/C14H13F3N2O/c15-11-6-4-9(5-7-11)13(19-18)10-2-1-3-12(8-10)20-14(16)17/h1-8,13-14,19H,18H2. The summed E-state index contributed by atoms with van der Waals surface area (Å²) in [5.74, 6) is 5.17. The fraction of sp³-hybridized carbons (Fsp3) is 0.143. The number of hydrogen-bond donors (Lipinski definition) is 2. The Hall–Kier alpha value is -2.05. The second-order valence-corrected chi connectivity index (χ2v) is 4.10. The van der Waals surface area contributed by atoms with E-state index < -0.39 is 12.7 Å². The number of hydrogen-bond acceptors (Lipinski definition) is 3. The van der Waals surface area contributed by atoms with Crippen molar-refractivity contribution < 1.29 is 17.9 Å². The van der Waals surface area contributed by atoms with Crippen molar-refractivity contribution in [2.75, 3.05) is 0 Å². The predicted molar refractivity (Wildman–Crippen MR) is 68.6 cm³/mol. The van der Waals surface area contributed by atoms with Crippen LogP contribution in [0.4, 0.5) is 13.2 Å². The Morgan fingerprint density at radius 1 is 1.00 bits per heavy atom. The number of ether oxygens (including phenoxy) is 1. The van der Waals surface area contributed by atoms with Crippen LogP contribution in [0.3, 0.4) is 0 Å². The van der Waals surface area contributed by atoms with Crippen molar-refractivity contribution in [3.63, 3.8) is 0 Å². The lowest BCUT2D eigenvalue weighted by Crippen LogP contribution is -2.28. The highest BCUT2D eigenvalue weighted by atomic mass is 19.3. The van der Waals surface area contributed by atoms with Gasteiger partial charge in [-0.15, -0.1) is 0 Å². The highest BCUT2D eigenvalue weighted by Crippen LogP contribution is 2.25. The number of nitrogens with two attached hydrogens (primary N) is 1. The first-order chi connectivity index (χ1) is 9.60. The van der Waals surface area contributed by atoms with Crippen LogP contribution in [0.2, 0.25) is 0 Å². The van der Waals surface area contributed by atoms with E-state index in [1.807, 2.05) is 0 Å². The average molecular weight is 282 g/mol. The molecule has 0 aliphatic heterocycles. The molecule has 0 amide bonds. The predicted octanol–water partition coefficient (Wildman–Crippen LogP) is 2.98. The molecule has 0 aliphatic carbocycles. The molecular weight excluding hydrogens is 269 g/mol. The third-order valence-electron chi connectivity index (χ3n) is 2.79. The highest BCUT2D eigenvalue weighted by molar-refractivity contribution is 5.36. The van der Waals surface area contributed by atoms with Gasteiger partial charge >= 0.3 is 6.61 Å². The molecule has 0 spiro atoms. The third-order valence-corrected chi connectivity index (χ3v) is 2.79. The molecule has 20 heavy (non-hydrogen) atoms. The summed E-state index contributed by atoms with van der Waals surface area (Å²) in [6, 6.07) is 11.5. The van der Waals surface area contributed by atoms with E-state index in [9.17, 15) is 13.2 Å². The summed E-state index contributed by atoms with van der Waals surface area (Å²) in [6.45, 7) is -2.89. The minimum Gasteiger partial charge on any atom is -0.435 e. The fourth-order valence-electron chi connectivity index (χ4n) is 1.91. The SMILES string of the molecule is NNC(c1ccc(F)cc1)c1cccc(OC(F)F)c1. The van der Waals surface area contributed by atoms with Gasteiger partial charge in [0.15, 0.2) is 0 Å². The molecule has 3 nitrogen and oxygen atoms in total. The van der Waals surface area contributed by atoms with Crippen LogP contribution >= 0.6 is 0 Å². The van der Waals surface area contributed by atoms with E-state index >= 15 is 0 Å². The van der Waals surface area contributed by atoms with Gasteiger partial charge in [0.2, 0.25) is 0 Å². The maximum Gasteiger partial charge on any atom is 0.387 e. The van der Waals surface area contributed by atoms with Gasteiger partial charge < -0.3 is 4.74 Å². The lowest BCUT2D eigenvalue weighted by molar-refractivity contribution is -0.0498. The zero-order chi connectivity index (χ0) is 14.5. The van der Waals surface area contributed by atoms with Crippen molar-refractivity contribution >= 4 is 0 Å². The maximum absolute atomic E-state index is 12.9. The lowest BCUT2D eigenvalue weighted by Gasteiger charge is -2.17. The molecule has 0 radical (unpaired) electrons. The molecule has 0 heterocycles. The molecule has 1 unspecified atom stereocenters. The van der Waals surface area contributed by atoms with Gasteiger partial charge in [0.25, 0.3) is 0 Å². The first kappa shape index (κ1) is 14.4. The topological polar surface area (TPSA) is 47.3 Å². The minimum atomic E-state index is -2.89. The van der Waals surface area contributed by atoms with Crippen molar-refractivity contribution in [1.29, 1.82) is 0 Å². The maximum atomic E-state index is 12.9. The number of alkyl halides is 2. The van der Waals surface area contributed by atoms with Crippen LogP contribution < -0.4 is 16.0 Å². The van der Waals surface area contributed by atoms with Crippen LogP contribution in [0.15, 0.2) is 48.5 Å². The zero-order valence-corrected chi connectivity index (χ0v) is 10.4. The Balaban J connectivity index is 2.29. The van der Waals surface area contributed by atoms with Gasteiger partial charge in [-0.05, 0) is 35.4 Å². The molecule has 0 fully saturated rings. The second kappa shape index (κ2) is 6.40. The quantitative estimate of drug-likeness (QED) is 0.654. The molecule has 0 bridgehead atoms. The Bertz CT molecular complexity index is 561. The van der Waals surface area contributed by atoms with E-state index in [1.54, 1.807) is 24.3 Å². The molecule has 1 atom stereocenters. The van der Waals surface area contributed by atoms with E-state index in [0.29, 0.717) is 11.1 Å². The van der Waals surface area contributed by atoms with E-state index in [-0.39, 0.29) is 11.6 Å². The summed E-state index contributed by atoms with van der Waals surface area (Å²) < 4.78 is 41.6. The molecule has 2 rings (SSSR count). The van der Waals surface area contributed by atoms with E-state index in [4.69, 9.17) is 5.84 Å². The normalized spacial score (nSPS) is 12.4. The van der Waals surface area contributed by atoms with Crippen LogP contribution in [0.25, 0.3) is 0 Å². The van der Waals surface area contributed by atoms with Gasteiger partial charge in [-0.3, -0.25) is 5.84 Å². The first-order valence-electron chi connectivity index (χ1n) is 5.86. The summed E-state index contributed by atoms with van der Waals surface area (Å²) in [6.07, 6.45) is 0. The smallest absolute Gasteiger partial charge is 0.387 e. The van der Waals surface area contributed by atoms with Crippen molar-refractivity contribution in [1.82, 2.24) is 5.43 Å². The minimum absolute atomic E-state index is 0.0415. The van der Waals surface area contributed by atoms with Crippen molar-refractivity contribution in [2.45, 2.75) is 12.7 Å². The molecular formula is C14H13F3N2O. The molecule has 2 aromatic rings. The monoisotopic (exact) mass is 282 g/mol. The molecule has 3 N–H and O–H groups in total. The van der Waals surface area contributed by atoms with Crippen molar-refractivity contribution in [2.24, 2.45) is 5.84 Å². The van der Waals surface area contributed by atoms with Gasteiger partial charge in [-0.25, -0.2) is 9.82 Å². The fourth-order valence-corrected chi connectivity index (χ4v) is 1.91. The Labute approximate surface area is 114 Å². The summed E-state index contributed by atoms with van der Waals surface area (Å²) >= 11 is 0. The molecule has 2 aromatic carbocycles. The van der Waals surface area contributed by atoms with Crippen LogP contribution in [-0.4, -0.2) is 6.61 Å². The Kier molecular flexibility index (Phi) is 4.60. The molecule has 0 aliphatic rings. The molecule has 6 heteroatoms. The molecule has 0 aromatic heterocycles. The van der Waals surface area contributed by atoms with Gasteiger partial charge in [-0.1, -0.05) is 24.3 Å². The van der Waals surface area contributed by atoms with Gasteiger partial charge in [0.05, 0.1) is 6.04 Å². The summed E-state index contributed by atoms with van der Waals surface area (Å²) in [7, 11) is 0. The van der Waals surface area contributed by atoms with Gasteiger partial charge in [-0.2, -0.15) is 8.78 Å². The van der Waals surface area contributed by atoms with E-state index in [2.05, 4.69) is 10.2 Å². The lowest BCUT2D eigenvalue weighted by atomic mass is 9.99. The molecule has 0 saturated heterocycles. The average Bonchev–Trinajstić information content (AvgIpc) is 2.41. The van der Waals surface area contributed by atoms with Crippen LogP contribution in [0.5, 0.6) is 5.75 Å². The Morgan fingerprint density at radius 2 is 1.70 bits per heavy atom. The molecule has 0 saturated carbocycles. The Morgan fingerprint density at radius 3 is 2.30 bits per heavy atom. The highest BCUT2D eigenvalue weighted by Gasteiger charge is 2.14. The van der Waals surface area contributed by atoms with Crippen LogP contribution in [0.1, 0.15) is 17.2 Å². The molecule has 106 valence electrons. The number of nitrogens with one attached hydrogen (secondary N) is 1. The summed E-state index contributed by atoms with van der Waals surface area (Å²) in [5.41, 5.74) is 3.92. The van der Waals surface area contributed by atoms with Gasteiger partial charge in [0, 0.05) is 0 Å². The van der Waals surface area contributed by atoms with Crippen LogP contribution in [0, 0.1) is 5.82 Å². The van der Waals surface area contributed by atoms with Crippen molar-refractivity contribution in [3.05, 3.63) is 65.5 Å². The van der Waals surface area contributed by atoms with E-state index in [1.165, 1.54) is 24.3 Å². The largest absolute Gasteiger partial charge is 0.435 e. The summed E-state index contributed by atoms with van der Waals surface area (Å²) in [5, 5.41) is 0. The number of hydrazine groups is 1. The van der Waals surface area contributed by atoms with Crippen molar-refractivity contribution in [3.8, 4) is 5.75 Å². The second-order valence-electron chi connectivity index (χ2n) is 4.10. The van der Waals surface area contributed by atoms with E-state index in [0.717, 1.165) is 0 Å². The first-order valence-corrected chi connectivity index (χ1v) is 5.86. The third kappa shape index (κ3) is 3.49. The number of benzene rings is 2. The zero-order valence-electron chi connectivity index (χ0n) is 10.4. The number of rotatable bonds is 5. The summed E-state index contributed by atoms with van der Waals surface area (Å²) in [4.78, 5) is 0.